The summed E-state index contributed by atoms with van der Waals surface area (Å²) in [7, 11) is 0. The molecule has 88 valence electrons. The zero-order valence-electron chi connectivity index (χ0n) is 9.05. The molecule has 0 atom stereocenters. The molecule has 0 fully saturated rings. The van der Waals surface area contributed by atoms with Crippen LogP contribution in [0.2, 0.25) is 0 Å². The van der Waals surface area contributed by atoms with Crippen LogP contribution in [0.5, 0.6) is 0 Å². The lowest BCUT2D eigenvalue weighted by atomic mass is 10.3. The summed E-state index contributed by atoms with van der Waals surface area (Å²) in [5.74, 6) is 0. The number of nitrogens with zero attached hydrogens (tertiary/aromatic N) is 2. The molecule has 2 aromatic rings. The maximum Gasteiger partial charge on any atom is 0.298 e. The fraction of sp³-hybridized carbons (Fsp3) is 0.182. The van der Waals surface area contributed by atoms with Gasteiger partial charge in [0.25, 0.3) is 11.7 Å². The normalized spacial score (nSPS) is 10.4. The Morgan fingerprint density at radius 1 is 1.59 bits per heavy atom. The summed E-state index contributed by atoms with van der Waals surface area (Å²) in [6, 6.07) is 4.90. The first-order chi connectivity index (χ1) is 8.22. The zero-order valence-corrected chi connectivity index (χ0v) is 9.05. The van der Waals surface area contributed by atoms with E-state index in [0.717, 1.165) is 6.42 Å². The van der Waals surface area contributed by atoms with Gasteiger partial charge in [0.1, 0.15) is 0 Å². The minimum Gasteiger partial charge on any atom is -0.423 e. The summed E-state index contributed by atoms with van der Waals surface area (Å²) in [6.45, 7) is 4.22. The maximum absolute atomic E-state index is 10.8. The van der Waals surface area contributed by atoms with Crippen LogP contribution in [-0.2, 0) is 0 Å². The summed E-state index contributed by atoms with van der Waals surface area (Å²) in [5.41, 5.74) is 0.613. The van der Waals surface area contributed by atoms with Gasteiger partial charge in [-0.25, -0.2) is 0 Å². The van der Waals surface area contributed by atoms with Crippen molar-refractivity contribution in [3.8, 4) is 0 Å². The van der Waals surface area contributed by atoms with Gasteiger partial charge >= 0.3 is 0 Å². The van der Waals surface area contributed by atoms with Crippen molar-refractivity contribution in [2.24, 2.45) is 0 Å². The standard InChI is InChI=1S/C11H11N3O3/c1-2-3-7-12-11-13-10-8(14(15)16)5-4-6-9(10)17-11/h2,4-6H,1,3,7H2,(H,12,13). The number of para-hydroxylation sites is 1. The highest BCUT2D eigenvalue weighted by Gasteiger charge is 2.16. The SMILES string of the molecule is C=CCCNc1nc2c([N+](=O)[O-])cccc2o1. The molecule has 1 aromatic heterocycles. The minimum absolute atomic E-state index is 0.0528. The summed E-state index contributed by atoms with van der Waals surface area (Å²) in [6.07, 6.45) is 2.53. The van der Waals surface area contributed by atoms with E-state index in [0.29, 0.717) is 12.1 Å². The summed E-state index contributed by atoms with van der Waals surface area (Å²) in [5, 5.41) is 13.7. The van der Waals surface area contributed by atoms with Gasteiger partial charge in [-0.3, -0.25) is 10.1 Å². The molecule has 0 amide bonds. The molecule has 0 aliphatic rings. The van der Waals surface area contributed by atoms with E-state index >= 15 is 0 Å². The van der Waals surface area contributed by atoms with Crippen LogP contribution in [0.4, 0.5) is 11.7 Å². The second kappa shape index (κ2) is 4.65. The van der Waals surface area contributed by atoms with Crippen molar-refractivity contribution in [1.82, 2.24) is 4.98 Å². The smallest absolute Gasteiger partial charge is 0.298 e. The number of aromatic nitrogens is 1. The second-order valence-corrected chi connectivity index (χ2v) is 3.40. The number of hydrogen-bond donors (Lipinski definition) is 1. The molecule has 0 aliphatic heterocycles. The summed E-state index contributed by atoms with van der Waals surface area (Å²) < 4.78 is 5.34. The maximum atomic E-state index is 10.8. The van der Waals surface area contributed by atoms with E-state index in [2.05, 4.69) is 16.9 Å². The highest BCUT2D eigenvalue weighted by Crippen LogP contribution is 2.27. The van der Waals surface area contributed by atoms with Gasteiger partial charge in [-0.05, 0) is 12.5 Å². The Labute approximate surface area is 97.1 Å². The van der Waals surface area contributed by atoms with Crippen molar-refractivity contribution in [3.63, 3.8) is 0 Å². The molecule has 0 bridgehead atoms. The van der Waals surface area contributed by atoms with Crippen LogP contribution in [0.3, 0.4) is 0 Å². The van der Waals surface area contributed by atoms with Crippen LogP contribution >= 0.6 is 0 Å². The first-order valence-electron chi connectivity index (χ1n) is 5.11. The van der Waals surface area contributed by atoms with E-state index in [1.54, 1.807) is 18.2 Å². The Balaban J connectivity index is 2.33. The van der Waals surface area contributed by atoms with Crippen LogP contribution in [-0.4, -0.2) is 16.5 Å². The lowest BCUT2D eigenvalue weighted by molar-refractivity contribution is -0.383. The molecule has 0 saturated heterocycles. The van der Waals surface area contributed by atoms with Crippen molar-refractivity contribution < 1.29 is 9.34 Å². The van der Waals surface area contributed by atoms with E-state index < -0.39 is 4.92 Å². The topological polar surface area (TPSA) is 81.2 Å². The number of non-ortho nitro benzene ring substituents is 1. The molecule has 0 spiro atoms. The van der Waals surface area contributed by atoms with E-state index in [4.69, 9.17) is 4.42 Å². The molecule has 17 heavy (non-hydrogen) atoms. The van der Waals surface area contributed by atoms with Crippen molar-refractivity contribution in [3.05, 3.63) is 41.0 Å². The van der Waals surface area contributed by atoms with Crippen molar-refractivity contribution >= 4 is 22.8 Å². The van der Waals surface area contributed by atoms with E-state index in [9.17, 15) is 10.1 Å². The fourth-order valence-corrected chi connectivity index (χ4v) is 1.44. The molecule has 1 aromatic carbocycles. The Morgan fingerprint density at radius 2 is 2.41 bits per heavy atom. The third kappa shape index (κ3) is 2.25. The summed E-state index contributed by atoms with van der Waals surface area (Å²) >= 11 is 0. The number of nitro benzene ring substituents is 1. The molecule has 0 aliphatic carbocycles. The third-order valence-electron chi connectivity index (χ3n) is 2.22. The molecule has 0 radical (unpaired) electrons. The van der Waals surface area contributed by atoms with E-state index in [1.165, 1.54) is 6.07 Å². The van der Waals surface area contributed by atoms with Crippen molar-refractivity contribution in [2.45, 2.75) is 6.42 Å². The first kappa shape index (κ1) is 11.1. The molecule has 6 nitrogen and oxygen atoms in total. The van der Waals surface area contributed by atoms with Gasteiger partial charge in [0.15, 0.2) is 11.1 Å². The number of rotatable bonds is 5. The van der Waals surface area contributed by atoms with E-state index in [1.807, 2.05) is 0 Å². The molecule has 1 heterocycles. The molecule has 1 N–H and O–H groups in total. The van der Waals surface area contributed by atoms with Gasteiger partial charge in [0.05, 0.1) is 4.92 Å². The Hall–Kier alpha value is -2.37. The lowest BCUT2D eigenvalue weighted by Gasteiger charge is -1.95. The molecule has 6 heteroatoms. The average molecular weight is 233 g/mol. The lowest BCUT2D eigenvalue weighted by Crippen LogP contribution is -1.99. The minimum atomic E-state index is -0.474. The number of nitrogens with one attached hydrogen (secondary N) is 1. The van der Waals surface area contributed by atoms with E-state index in [-0.39, 0.29) is 17.2 Å². The summed E-state index contributed by atoms with van der Waals surface area (Å²) in [4.78, 5) is 14.4. The quantitative estimate of drug-likeness (QED) is 0.371. The van der Waals surface area contributed by atoms with Crippen LogP contribution in [0, 0.1) is 10.1 Å². The highest BCUT2D eigenvalue weighted by atomic mass is 16.6. The third-order valence-corrected chi connectivity index (χ3v) is 2.22. The molecular weight excluding hydrogens is 222 g/mol. The molecule has 2 rings (SSSR count). The van der Waals surface area contributed by atoms with Gasteiger partial charge in [-0.15, -0.1) is 6.58 Å². The van der Waals surface area contributed by atoms with Crippen LogP contribution in [0.25, 0.3) is 11.1 Å². The van der Waals surface area contributed by atoms with Gasteiger partial charge < -0.3 is 9.73 Å². The van der Waals surface area contributed by atoms with Crippen LogP contribution < -0.4 is 5.32 Å². The number of hydrogen-bond acceptors (Lipinski definition) is 5. The fourth-order valence-electron chi connectivity index (χ4n) is 1.44. The highest BCUT2D eigenvalue weighted by molar-refractivity contribution is 5.83. The van der Waals surface area contributed by atoms with Gasteiger partial charge in [0.2, 0.25) is 0 Å². The predicted octanol–water partition coefficient (Wildman–Crippen LogP) is 2.72. The average Bonchev–Trinajstić information content (AvgIpc) is 2.71. The largest absolute Gasteiger partial charge is 0.423 e. The molecular formula is C11H11N3O3. The van der Waals surface area contributed by atoms with Gasteiger partial charge in [-0.2, -0.15) is 4.98 Å². The predicted molar refractivity (Wildman–Crippen MR) is 64.0 cm³/mol. The number of oxazole rings is 1. The first-order valence-corrected chi connectivity index (χ1v) is 5.11. The zero-order chi connectivity index (χ0) is 12.3. The molecule has 0 unspecified atom stereocenters. The van der Waals surface area contributed by atoms with Crippen molar-refractivity contribution in [1.29, 1.82) is 0 Å². The Kier molecular flexibility index (Phi) is 3.04. The Bertz CT molecular complexity index is 562. The molecule has 0 saturated carbocycles. The number of nitro groups is 1. The van der Waals surface area contributed by atoms with Gasteiger partial charge in [-0.1, -0.05) is 12.1 Å². The second-order valence-electron chi connectivity index (χ2n) is 3.40. The Morgan fingerprint density at radius 3 is 3.12 bits per heavy atom. The van der Waals surface area contributed by atoms with Crippen molar-refractivity contribution in [2.75, 3.05) is 11.9 Å². The number of fused-ring (bicyclic) bond motifs is 1. The number of anilines is 1. The van der Waals surface area contributed by atoms with Gasteiger partial charge in [0, 0.05) is 12.6 Å². The number of benzene rings is 1. The van der Waals surface area contributed by atoms with Crippen LogP contribution in [0.15, 0.2) is 35.3 Å². The monoisotopic (exact) mass is 233 g/mol. The van der Waals surface area contributed by atoms with Crippen LogP contribution in [0.1, 0.15) is 6.42 Å².